The van der Waals surface area contributed by atoms with Gasteiger partial charge >= 0.3 is 0 Å². The second-order valence-electron chi connectivity index (χ2n) is 10.1. The van der Waals surface area contributed by atoms with Crippen molar-refractivity contribution in [3.63, 3.8) is 0 Å². The number of hydroxylamine groups is 3. The molecule has 0 spiro atoms. The van der Waals surface area contributed by atoms with Gasteiger partial charge < -0.3 is 0 Å². The monoisotopic (exact) mass is 418 g/mol. The normalized spacial score (nSPS) is 13.9. The minimum absolute atomic E-state index is 0.109. The molecule has 0 aliphatic rings. The topological polar surface area (TPSA) is 60.7 Å². The molecule has 28 heavy (non-hydrogen) atoms. The van der Waals surface area contributed by atoms with E-state index in [1.807, 2.05) is 0 Å². The highest BCUT2D eigenvalue weighted by Crippen LogP contribution is 2.31. The van der Waals surface area contributed by atoms with E-state index in [4.69, 9.17) is 0 Å². The van der Waals surface area contributed by atoms with Gasteiger partial charge in [-0.25, -0.2) is 0 Å². The highest BCUT2D eigenvalue weighted by Gasteiger charge is 2.36. The van der Waals surface area contributed by atoms with E-state index in [1.165, 1.54) is 89.9 Å². The highest BCUT2D eigenvalue weighted by atomic mass is 28.1. The van der Waals surface area contributed by atoms with Crippen molar-refractivity contribution < 1.29 is 20.6 Å². The van der Waals surface area contributed by atoms with Gasteiger partial charge in [-0.15, -0.1) is 15.6 Å². The van der Waals surface area contributed by atoms with Gasteiger partial charge in [0.2, 0.25) is 0 Å². The molecule has 3 N–H and O–H groups in total. The van der Waals surface area contributed by atoms with Crippen molar-refractivity contribution in [3.8, 4) is 0 Å². The van der Waals surface area contributed by atoms with Crippen LogP contribution in [0.1, 0.15) is 136 Å². The Balaban J connectivity index is 3.45. The molecule has 170 valence electrons. The van der Waals surface area contributed by atoms with E-state index in [1.54, 1.807) is 0 Å². The number of hydrogen-bond donors (Lipinski definition) is 3. The number of hydrogen-bond acceptors (Lipinski definition) is 3. The van der Waals surface area contributed by atoms with Gasteiger partial charge in [-0.2, -0.15) is 0 Å². The molecule has 4 nitrogen and oxygen atoms in total. The minimum atomic E-state index is -1.86. The molecule has 0 aromatic carbocycles. The number of quaternary nitrogens is 1. The Kier molecular flexibility index (Phi) is 16.8. The van der Waals surface area contributed by atoms with Gasteiger partial charge in [0.05, 0.1) is 4.97 Å². The first-order valence-corrected chi connectivity index (χ1v) is 13.2. The Morgan fingerprint density at radius 2 is 0.964 bits per heavy atom. The van der Waals surface area contributed by atoms with Gasteiger partial charge in [0.25, 0.3) is 0 Å². The van der Waals surface area contributed by atoms with Crippen molar-refractivity contribution >= 4 is 10.2 Å². The van der Waals surface area contributed by atoms with Gasteiger partial charge in [-0.1, -0.05) is 117 Å². The average Bonchev–Trinajstić information content (AvgIpc) is 2.58. The van der Waals surface area contributed by atoms with Crippen LogP contribution < -0.4 is 0 Å². The molecule has 0 saturated heterocycles. The first kappa shape index (κ1) is 28.1. The van der Waals surface area contributed by atoms with Crippen molar-refractivity contribution in [1.82, 2.24) is 0 Å². The Morgan fingerprint density at radius 1 is 0.643 bits per heavy atom. The molecule has 1 unspecified atom stereocenters. The van der Waals surface area contributed by atoms with Crippen molar-refractivity contribution in [2.24, 2.45) is 0 Å². The summed E-state index contributed by atoms with van der Waals surface area (Å²) in [5.41, 5.74) is 0. The maximum Gasteiger partial charge on any atom is 0.187 e. The van der Waals surface area contributed by atoms with E-state index in [0.29, 0.717) is 12.8 Å². The summed E-state index contributed by atoms with van der Waals surface area (Å²) in [4.78, 5) is -1.86. The Bertz CT molecular complexity index is 340. The predicted molar refractivity (Wildman–Crippen MR) is 122 cm³/mol. The highest BCUT2D eigenvalue weighted by molar-refractivity contribution is 6.14. The van der Waals surface area contributed by atoms with Crippen LogP contribution in [0.3, 0.4) is 0 Å². The summed E-state index contributed by atoms with van der Waals surface area (Å²) >= 11 is 0. The lowest BCUT2D eigenvalue weighted by Crippen LogP contribution is -2.48. The first-order chi connectivity index (χ1) is 13.2. The van der Waals surface area contributed by atoms with E-state index < -0.39 is 11.0 Å². The van der Waals surface area contributed by atoms with E-state index in [0.717, 1.165) is 23.1 Å². The van der Waals surface area contributed by atoms with E-state index in [9.17, 15) is 15.6 Å². The summed E-state index contributed by atoms with van der Waals surface area (Å²) in [6, 6.07) is -0.487. The van der Waals surface area contributed by atoms with Crippen LogP contribution in [-0.4, -0.2) is 36.9 Å². The fourth-order valence-corrected chi connectivity index (χ4v) is 4.50. The fraction of sp³-hybridized carbons (Fsp3) is 1.00. The van der Waals surface area contributed by atoms with Gasteiger partial charge in [0.1, 0.15) is 0 Å². The molecule has 0 bridgehead atoms. The summed E-state index contributed by atoms with van der Waals surface area (Å²) < 4.78 is 0. The number of rotatable bonds is 20. The summed E-state index contributed by atoms with van der Waals surface area (Å²) in [5, 5.41) is 28.7. The van der Waals surface area contributed by atoms with Crippen LogP contribution in [0, 0.1) is 0 Å². The third kappa shape index (κ3) is 19.4. The van der Waals surface area contributed by atoms with Crippen molar-refractivity contribution in [2.75, 3.05) is 0 Å². The summed E-state index contributed by atoms with van der Waals surface area (Å²) in [6.07, 6.45) is 22.7. The maximum atomic E-state index is 9.53. The molecule has 0 heterocycles. The lowest BCUT2D eigenvalue weighted by molar-refractivity contribution is -1.38. The minimum Gasteiger partial charge on any atom is -0.146 e. The Hall–Kier alpha value is 0.0569. The molecule has 0 aliphatic carbocycles. The molecular formula is C23H52NO3Si+. The summed E-state index contributed by atoms with van der Waals surface area (Å²) in [5.74, 6) is 0. The van der Waals surface area contributed by atoms with E-state index in [2.05, 4.69) is 20.8 Å². The van der Waals surface area contributed by atoms with Crippen LogP contribution in [0.5, 0.6) is 0 Å². The molecule has 0 radical (unpaired) electrons. The summed E-state index contributed by atoms with van der Waals surface area (Å²) in [7, 11) is 0.978. The molecule has 0 amide bonds. The standard InChI is InChI=1S/C23H52NO3Si/c1-4-5-6-7-8-9-10-11-12-13-14-15-16-17-18-19-20-22(24(25,26)27)21-23(2,3)28/h22,25-27H,4-21H2,1-3,28H3/q+1. The zero-order chi connectivity index (χ0) is 21.3. The van der Waals surface area contributed by atoms with E-state index in [-0.39, 0.29) is 5.04 Å². The third-order valence-corrected chi connectivity index (χ3v) is 6.14. The number of nitrogens with zero attached hydrogens (tertiary/aromatic N) is 1. The van der Waals surface area contributed by atoms with Crippen LogP contribution in [0.15, 0.2) is 0 Å². The zero-order valence-corrected chi connectivity index (χ0v) is 21.6. The third-order valence-electron chi connectivity index (χ3n) is 5.73. The molecule has 0 aliphatic heterocycles. The lowest BCUT2D eigenvalue weighted by Gasteiger charge is -2.28. The van der Waals surface area contributed by atoms with Crippen LogP contribution in [0.4, 0.5) is 0 Å². The molecule has 0 rings (SSSR count). The Morgan fingerprint density at radius 3 is 1.25 bits per heavy atom. The van der Waals surface area contributed by atoms with Gasteiger partial charge in [0.15, 0.2) is 6.04 Å². The molecule has 5 heteroatoms. The van der Waals surface area contributed by atoms with Gasteiger partial charge in [-0.3, -0.25) is 0 Å². The van der Waals surface area contributed by atoms with Crippen LogP contribution >= 0.6 is 0 Å². The summed E-state index contributed by atoms with van der Waals surface area (Å²) in [6.45, 7) is 6.52. The molecule has 0 fully saturated rings. The SMILES string of the molecule is CCCCCCCCCCCCCCCCCCC(CC(C)(C)[SiH3])[N+](O)(O)O. The molecule has 0 saturated carbocycles. The van der Waals surface area contributed by atoms with Crippen molar-refractivity contribution in [1.29, 1.82) is 0 Å². The molecule has 0 aromatic rings. The first-order valence-electron chi connectivity index (χ1n) is 12.2. The maximum absolute atomic E-state index is 9.53. The van der Waals surface area contributed by atoms with Gasteiger partial charge in [-0.05, 0) is 11.5 Å². The Labute approximate surface area is 178 Å². The average molecular weight is 419 g/mol. The van der Waals surface area contributed by atoms with Crippen LogP contribution in [-0.2, 0) is 0 Å². The molecular weight excluding hydrogens is 366 g/mol. The zero-order valence-electron chi connectivity index (χ0n) is 19.6. The van der Waals surface area contributed by atoms with Gasteiger partial charge in [0, 0.05) is 23.1 Å². The van der Waals surface area contributed by atoms with Crippen molar-refractivity contribution in [3.05, 3.63) is 0 Å². The predicted octanol–water partition coefficient (Wildman–Crippen LogP) is 6.95. The van der Waals surface area contributed by atoms with Crippen LogP contribution in [0.2, 0.25) is 5.04 Å². The quantitative estimate of drug-likeness (QED) is 0.0868. The second-order valence-corrected chi connectivity index (χ2v) is 12.8. The molecule has 0 aromatic heterocycles. The van der Waals surface area contributed by atoms with Crippen molar-refractivity contribution in [2.45, 2.75) is 147 Å². The largest absolute Gasteiger partial charge is 0.187 e. The lowest BCUT2D eigenvalue weighted by atomic mass is 9.97. The van der Waals surface area contributed by atoms with E-state index >= 15 is 0 Å². The molecule has 1 atom stereocenters. The fourth-order valence-electron chi connectivity index (χ4n) is 4.03. The second kappa shape index (κ2) is 16.8. The smallest absolute Gasteiger partial charge is 0.146 e. The van der Waals surface area contributed by atoms with Crippen LogP contribution in [0.25, 0.3) is 0 Å². The number of unbranched alkanes of at least 4 members (excludes halogenated alkanes) is 15.